The van der Waals surface area contributed by atoms with Gasteiger partial charge in [-0.2, -0.15) is 0 Å². The number of carboxylic acids is 1. The van der Waals surface area contributed by atoms with Gasteiger partial charge >= 0.3 is 11.9 Å². The molecule has 0 saturated heterocycles. The molecular formula is C42H68O5. The predicted octanol–water partition coefficient (Wildman–Crippen LogP) is 10.2. The molecule has 5 aliphatic rings. The number of carbonyl (C=O) groups excluding carboxylic acids is 1. The fourth-order valence-electron chi connectivity index (χ4n) is 13.5. The molecule has 2 N–H and O–H groups in total. The third-order valence-corrected chi connectivity index (χ3v) is 16.0. The van der Waals surface area contributed by atoms with Gasteiger partial charge in [-0.05, 0) is 141 Å². The van der Waals surface area contributed by atoms with Gasteiger partial charge in [0.1, 0.15) is 6.10 Å². The number of carbonyl (C=O) groups is 2. The van der Waals surface area contributed by atoms with E-state index in [4.69, 9.17) is 4.74 Å². The van der Waals surface area contributed by atoms with Crippen LogP contribution in [0.3, 0.4) is 0 Å². The van der Waals surface area contributed by atoms with Crippen LogP contribution in [0.15, 0.2) is 24.3 Å². The molecule has 11 atom stereocenters. The standard InChI is InChI=1S/C42H68O5/c1-11-28(43)13-12-19-42-22-16-29(27(2)3)36(42)30-14-15-32-39(8)20-18-33(47-35(46)26-37(4,5)25-34(44)45)38(6,7)31(39)17-21-41(32,10)40(30,9)23-24-42/h12-13,28-33,36,43H,2,11,14-26H2,1,3-10H3,(H,44,45)/b13-12+/t28?,29-,30+,31-,32+,33-,36+,39-,40+,41+,42+/m0/s1. The van der Waals surface area contributed by atoms with E-state index < -0.39 is 11.4 Å². The van der Waals surface area contributed by atoms with E-state index >= 15 is 0 Å². The molecule has 47 heavy (non-hydrogen) atoms. The highest BCUT2D eigenvalue weighted by Gasteiger charge is 2.71. The maximum absolute atomic E-state index is 13.2. The summed E-state index contributed by atoms with van der Waals surface area (Å²) in [6, 6.07) is 0. The predicted molar refractivity (Wildman–Crippen MR) is 190 cm³/mol. The van der Waals surface area contributed by atoms with Crippen molar-refractivity contribution in [2.75, 3.05) is 0 Å². The van der Waals surface area contributed by atoms with Gasteiger partial charge in [0.05, 0.1) is 18.9 Å². The van der Waals surface area contributed by atoms with E-state index in [9.17, 15) is 19.8 Å². The molecule has 0 heterocycles. The van der Waals surface area contributed by atoms with Crippen molar-refractivity contribution in [3.05, 3.63) is 24.3 Å². The minimum absolute atomic E-state index is 0.0370. The summed E-state index contributed by atoms with van der Waals surface area (Å²) in [5.41, 5.74) is 1.70. The van der Waals surface area contributed by atoms with Gasteiger partial charge in [-0.15, -0.1) is 0 Å². The number of allylic oxidation sites excluding steroid dienone is 2. The summed E-state index contributed by atoms with van der Waals surface area (Å²) in [7, 11) is 0. The van der Waals surface area contributed by atoms with Crippen LogP contribution < -0.4 is 0 Å². The highest BCUT2D eigenvalue weighted by molar-refractivity contribution is 5.73. The Hall–Kier alpha value is -1.62. The average molecular weight is 653 g/mol. The van der Waals surface area contributed by atoms with E-state index in [0.717, 1.165) is 25.7 Å². The monoisotopic (exact) mass is 653 g/mol. The van der Waals surface area contributed by atoms with Crippen LogP contribution in [0.25, 0.3) is 0 Å². The first kappa shape index (κ1) is 36.7. The molecule has 0 aliphatic heterocycles. The molecule has 5 nitrogen and oxygen atoms in total. The number of hydrogen-bond donors (Lipinski definition) is 2. The van der Waals surface area contributed by atoms with E-state index in [0.29, 0.717) is 35.0 Å². The fraction of sp³-hybridized carbons (Fsp3) is 0.857. The van der Waals surface area contributed by atoms with Crippen molar-refractivity contribution in [1.29, 1.82) is 0 Å². The number of aliphatic hydroxyl groups excluding tert-OH is 1. The molecule has 0 radical (unpaired) electrons. The Morgan fingerprint density at radius 3 is 2.26 bits per heavy atom. The van der Waals surface area contributed by atoms with E-state index in [2.05, 4.69) is 67.2 Å². The minimum atomic E-state index is -0.874. The van der Waals surface area contributed by atoms with Crippen molar-refractivity contribution in [2.45, 2.75) is 164 Å². The van der Waals surface area contributed by atoms with Gasteiger partial charge in [0.15, 0.2) is 0 Å². The Morgan fingerprint density at radius 2 is 1.62 bits per heavy atom. The first-order valence-corrected chi connectivity index (χ1v) is 19.2. The fourth-order valence-corrected chi connectivity index (χ4v) is 13.5. The number of aliphatic hydroxyl groups is 1. The third-order valence-electron chi connectivity index (χ3n) is 16.0. The van der Waals surface area contributed by atoms with Crippen molar-refractivity contribution in [2.24, 2.45) is 62.1 Å². The SMILES string of the molecule is C=C(C)[C@@H]1CC[C@]2(C/C=C/C(O)CC)CC[C@]3(C)[C@H](CC[C@@H]4[C@@]5(C)CC[C@H](OC(=O)CC(C)(C)CC(=O)O)C(C)(C)[C@@H]5CC[C@]43C)[C@@H]12. The summed E-state index contributed by atoms with van der Waals surface area (Å²) < 4.78 is 6.27. The number of rotatable bonds is 10. The van der Waals surface area contributed by atoms with Crippen molar-refractivity contribution in [3.8, 4) is 0 Å². The molecule has 266 valence electrons. The second kappa shape index (κ2) is 12.6. The molecule has 0 bridgehead atoms. The van der Waals surface area contributed by atoms with Crippen LogP contribution in [-0.2, 0) is 14.3 Å². The number of esters is 1. The highest BCUT2D eigenvalue weighted by Crippen LogP contribution is 2.78. The summed E-state index contributed by atoms with van der Waals surface area (Å²) in [6.07, 6.45) is 18.0. The lowest BCUT2D eigenvalue weighted by molar-refractivity contribution is -0.250. The number of carboxylic acid groups (broad SMARTS) is 1. The van der Waals surface area contributed by atoms with E-state index in [1.54, 1.807) is 0 Å². The summed E-state index contributed by atoms with van der Waals surface area (Å²) >= 11 is 0. The Labute approximate surface area is 286 Å². The minimum Gasteiger partial charge on any atom is -0.481 e. The molecule has 5 aliphatic carbocycles. The van der Waals surface area contributed by atoms with Crippen LogP contribution in [0.5, 0.6) is 0 Å². The molecule has 0 aromatic rings. The zero-order chi connectivity index (χ0) is 34.8. The van der Waals surface area contributed by atoms with Crippen LogP contribution in [0.4, 0.5) is 0 Å². The van der Waals surface area contributed by atoms with E-state index in [1.165, 1.54) is 56.9 Å². The van der Waals surface area contributed by atoms with Gasteiger partial charge in [-0.1, -0.05) is 79.7 Å². The number of fused-ring (bicyclic) bond motifs is 7. The highest BCUT2D eigenvalue weighted by atomic mass is 16.5. The number of ether oxygens (including phenoxy) is 1. The van der Waals surface area contributed by atoms with Crippen LogP contribution in [0, 0.1) is 62.1 Å². The van der Waals surface area contributed by atoms with E-state index in [1.807, 2.05) is 13.8 Å². The van der Waals surface area contributed by atoms with Crippen molar-refractivity contribution in [3.63, 3.8) is 0 Å². The first-order chi connectivity index (χ1) is 21.8. The first-order valence-electron chi connectivity index (χ1n) is 19.2. The zero-order valence-corrected chi connectivity index (χ0v) is 31.4. The van der Waals surface area contributed by atoms with Gasteiger partial charge in [-0.25, -0.2) is 0 Å². The Morgan fingerprint density at radius 1 is 0.915 bits per heavy atom. The quantitative estimate of drug-likeness (QED) is 0.181. The average Bonchev–Trinajstić information content (AvgIpc) is 3.34. The largest absolute Gasteiger partial charge is 0.481 e. The summed E-state index contributed by atoms with van der Waals surface area (Å²) in [5, 5.41) is 19.6. The van der Waals surface area contributed by atoms with Gasteiger partial charge in [0, 0.05) is 5.41 Å². The number of hydrogen-bond acceptors (Lipinski definition) is 4. The zero-order valence-electron chi connectivity index (χ0n) is 31.4. The molecule has 0 aromatic heterocycles. The Bertz CT molecular complexity index is 1250. The normalized spacial score (nSPS) is 43.3. The lowest BCUT2D eigenvalue weighted by Crippen LogP contribution is -2.66. The summed E-state index contributed by atoms with van der Waals surface area (Å²) in [5.74, 6) is 1.98. The van der Waals surface area contributed by atoms with Gasteiger partial charge < -0.3 is 14.9 Å². The van der Waals surface area contributed by atoms with Gasteiger partial charge in [-0.3, -0.25) is 9.59 Å². The maximum atomic E-state index is 13.2. The van der Waals surface area contributed by atoms with Crippen molar-refractivity contribution in [1.82, 2.24) is 0 Å². The lowest BCUT2D eigenvalue weighted by atomic mass is 9.32. The molecular weight excluding hydrogens is 584 g/mol. The molecule has 1 unspecified atom stereocenters. The Balaban J connectivity index is 1.39. The van der Waals surface area contributed by atoms with Crippen LogP contribution in [-0.4, -0.2) is 34.4 Å². The smallest absolute Gasteiger partial charge is 0.306 e. The van der Waals surface area contributed by atoms with Crippen molar-refractivity contribution >= 4 is 11.9 Å². The lowest BCUT2D eigenvalue weighted by Gasteiger charge is -2.73. The summed E-state index contributed by atoms with van der Waals surface area (Å²) in [6.45, 7) is 25.3. The molecule has 5 saturated carbocycles. The van der Waals surface area contributed by atoms with Crippen LogP contribution in [0.1, 0.15) is 152 Å². The van der Waals surface area contributed by atoms with E-state index in [-0.39, 0.29) is 52.7 Å². The molecule has 5 heteroatoms. The van der Waals surface area contributed by atoms with Crippen molar-refractivity contribution < 1.29 is 24.5 Å². The van der Waals surface area contributed by atoms with Gasteiger partial charge in [0.2, 0.25) is 0 Å². The van der Waals surface area contributed by atoms with Crippen LogP contribution in [0.2, 0.25) is 0 Å². The molecule has 5 rings (SSSR count). The molecule has 5 fully saturated rings. The third kappa shape index (κ3) is 6.09. The second-order valence-corrected chi connectivity index (χ2v) is 19.4. The Kier molecular flexibility index (Phi) is 9.83. The maximum Gasteiger partial charge on any atom is 0.306 e. The second-order valence-electron chi connectivity index (χ2n) is 19.4. The molecule has 0 aromatic carbocycles. The van der Waals surface area contributed by atoms with Crippen LogP contribution >= 0.6 is 0 Å². The number of aliphatic carboxylic acids is 1. The molecule has 0 spiro atoms. The molecule has 0 amide bonds. The van der Waals surface area contributed by atoms with Gasteiger partial charge in [0.25, 0.3) is 0 Å². The topological polar surface area (TPSA) is 83.8 Å². The summed E-state index contributed by atoms with van der Waals surface area (Å²) in [4.78, 5) is 24.5.